The number of anilines is 1. The predicted octanol–water partition coefficient (Wildman–Crippen LogP) is 0.292. The highest BCUT2D eigenvalue weighted by Crippen LogP contribution is 2.43. The minimum absolute atomic E-state index is 0.0258. The van der Waals surface area contributed by atoms with Gasteiger partial charge in [-0.25, -0.2) is 19.4 Å². The zero-order valence-corrected chi connectivity index (χ0v) is 27.4. The number of nitrogens with one attached hydrogen (secondary N) is 1. The summed E-state index contributed by atoms with van der Waals surface area (Å²) in [5, 5.41) is 47.9. The van der Waals surface area contributed by atoms with E-state index in [1.807, 2.05) is 13.8 Å². The average molecular weight is 717 g/mol. The number of aliphatic carboxylic acids is 2. The molecule has 1 aromatic carbocycles. The molecule has 1 saturated carbocycles. The molecule has 1 aromatic heterocycles. The molecule has 2 aromatic rings. The minimum Gasteiger partial charge on any atom is -0.504 e. The van der Waals surface area contributed by atoms with Gasteiger partial charge in [0.2, 0.25) is 5.60 Å². The van der Waals surface area contributed by atoms with Crippen molar-refractivity contribution in [3.8, 4) is 11.5 Å². The maximum absolute atomic E-state index is 13.6. The topological polar surface area (TPSA) is 281 Å². The molecular formula is C30H32N6O13S. The number of phenols is 2. The number of hydrogen-bond acceptors (Lipinski definition) is 15. The molecule has 3 atom stereocenters. The molecule has 20 heteroatoms. The van der Waals surface area contributed by atoms with Gasteiger partial charge in [-0.3, -0.25) is 19.2 Å². The zero-order chi connectivity index (χ0) is 36.3. The quantitative estimate of drug-likeness (QED) is 0.0880. The van der Waals surface area contributed by atoms with Gasteiger partial charge in [-0.05, 0) is 36.0 Å². The number of oxime groups is 1. The Morgan fingerprint density at radius 3 is 2.38 bits per heavy atom. The van der Waals surface area contributed by atoms with Crippen molar-refractivity contribution in [1.29, 1.82) is 0 Å². The second kappa shape index (κ2) is 12.1. The molecule has 3 amide bonds. The van der Waals surface area contributed by atoms with E-state index in [9.17, 15) is 49.2 Å². The van der Waals surface area contributed by atoms with Crippen LogP contribution in [-0.4, -0.2) is 107 Å². The number of benzene rings is 1. The monoisotopic (exact) mass is 716 g/mol. The van der Waals surface area contributed by atoms with Crippen LogP contribution in [0.15, 0.2) is 22.7 Å². The Kier molecular flexibility index (Phi) is 8.33. The number of aromatic hydroxyl groups is 2. The van der Waals surface area contributed by atoms with E-state index in [-0.39, 0.29) is 46.8 Å². The lowest BCUT2D eigenvalue weighted by Crippen LogP contribution is -2.57. The number of aromatic nitrogens is 1. The van der Waals surface area contributed by atoms with E-state index in [2.05, 4.69) is 15.5 Å². The van der Waals surface area contributed by atoms with Crippen LogP contribution in [0.25, 0.3) is 0 Å². The van der Waals surface area contributed by atoms with Gasteiger partial charge >= 0.3 is 23.6 Å². The van der Waals surface area contributed by atoms with Crippen LogP contribution in [0.2, 0.25) is 0 Å². The number of rotatable bonds is 9. The Morgan fingerprint density at radius 1 is 1.08 bits per heavy atom. The number of fused-ring (bicyclic) bond motifs is 1. The summed E-state index contributed by atoms with van der Waals surface area (Å²) in [6.45, 7) is 3.13. The van der Waals surface area contributed by atoms with Crippen LogP contribution in [0.1, 0.15) is 67.6 Å². The van der Waals surface area contributed by atoms with Crippen molar-refractivity contribution in [2.45, 2.75) is 75.9 Å². The molecule has 1 unspecified atom stereocenters. The molecule has 4 heterocycles. The Bertz CT molecular complexity index is 1850. The largest absolute Gasteiger partial charge is 0.504 e. The highest BCUT2D eigenvalue weighted by molar-refractivity contribution is 7.13. The van der Waals surface area contributed by atoms with Gasteiger partial charge in [0.05, 0.1) is 6.42 Å². The molecule has 1 aliphatic carbocycles. The standard InChI is InChI=1S/C30H32N6O13S/c1-28(2)3-5-29(6-4-28,25(43)44)49-34-20(16-12-50-27(31)33-16)21(39)32-15-11-47-36(23(15)41)30(26(45)46)9-17(24(42)48-30)35-10-13-7-18(37)19(38)8-14(13)22(35)40/h7-8,12,15,17,37-38H,3-6,9-11H2,1-2H3,(H2,31,33)(H,32,39)(H,43,44)(H,45,46)/b34-20-/t15-,17-,30?/m0/s1. The van der Waals surface area contributed by atoms with Crippen molar-refractivity contribution in [2.24, 2.45) is 10.6 Å². The Labute approximate surface area is 286 Å². The van der Waals surface area contributed by atoms with Gasteiger partial charge < -0.3 is 46.0 Å². The van der Waals surface area contributed by atoms with Gasteiger partial charge in [-0.2, -0.15) is 5.06 Å². The van der Waals surface area contributed by atoms with Gasteiger partial charge in [0.15, 0.2) is 22.3 Å². The molecule has 0 bridgehead atoms. The summed E-state index contributed by atoms with van der Waals surface area (Å²) in [6.07, 6.45) is 0.457. The summed E-state index contributed by atoms with van der Waals surface area (Å²) < 4.78 is 5.23. The number of amides is 3. The number of carboxylic acid groups (broad SMARTS) is 2. The third kappa shape index (κ3) is 5.78. The summed E-state index contributed by atoms with van der Waals surface area (Å²) >= 11 is 0.956. The van der Waals surface area contributed by atoms with Gasteiger partial charge in [0, 0.05) is 30.3 Å². The number of cyclic esters (lactones) is 1. The van der Waals surface area contributed by atoms with Crippen LogP contribution in [-0.2, 0) is 44.9 Å². The number of phenolic OH excluding ortho intramolecular Hbond substituents is 2. The first-order valence-corrected chi connectivity index (χ1v) is 16.2. The van der Waals surface area contributed by atoms with E-state index >= 15 is 0 Å². The first-order chi connectivity index (χ1) is 23.5. The molecule has 0 radical (unpaired) electrons. The highest BCUT2D eigenvalue weighted by atomic mass is 32.1. The third-order valence-electron chi connectivity index (χ3n) is 9.35. The number of carboxylic acids is 2. The van der Waals surface area contributed by atoms with Crippen molar-refractivity contribution in [1.82, 2.24) is 20.3 Å². The van der Waals surface area contributed by atoms with E-state index in [0.717, 1.165) is 28.4 Å². The van der Waals surface area contributed by atoms with Crippen LogP contribution < -0.4 is 11.1 Å². The Morgan fingerprint density at radius 2 is 1.76 bits per heavy atom. The number of esters is 1. The first kappa shape index (κ1) is 34.4. The van der Waals surface area contributed by atoms with Crippen molar-refractivity contribution in [3.05, 3.63) is 34.3 Å². The lowest BCUT2D eigenvalue weighted by molar-refractivity contribution is -0.256. The number of carbonyl (C=O) groups excluding carboxylic acids is 4. The second-order valence-corrected chi connectivity index (χ2v) is 14.1. The fourth-order valence-electron chi connectivity index (χ4n) is 6.26. The van der Waals surface area contributed by atoms with E-state index in [1.54, 1.807) is 0 Å². The number of nitrogen functional groups attached to an aromatic ring is 1. The van der Waals surface area contributed by atoms with E-state index in [0.29, 0.717) is 17.9 Å². The summed E-state index contributed by atoms with van der Waals surface area (Å²) in [4.78, 5) is 94.2. The smallest absolute Gasteiger partial charge is 0.372 e. The lowest BCUT2D eigenvalue weighted by atomic mass is 9.71. The van der Waals surface area contributed by atoms with Crippen LogP contribution in [0.3, 0.4) is 0 Å². The lowest BCUT2D eigenvalue weighted by Gasteiger charge is -2.38. The minimum atomic E-state index is -2.75. The molecule has 7 N–H and O–H groups in total. The van der Waals surface area contributed by atoms with Crippen molar-refractivity contribution in [3.63, 3.8) is 0 Å². The molecular weight excluding hydrogens is 684 g/mol. The zero-order valence-electron chi connectivity index (χ0n) is 26.6. The number of nitrogens with two attached hydrogens (primary N) is 1. The number of carbonyl (C=O) groups is 6. The van der Waals surface area contributed by atoms with Crippen LogP contribution >= 0.6 is 11.3 Å². The fraction of sp³-hybridized carbons (Fsp3) is 0.467. The SMILES string of the molecule is CC1(C)CCC(O/N=C(\C(=O)N[C@H]2CON(C3(C(=O)O)C[C@H](N4Cc5cc(O)c(O)cc5C4=O)C(=O)O3)C2=O)c2csc(N)n2)(C(=O)O)CC1. The van der Waals surface area contributed by atoms with Crippen LogP contribution in [0.5, 0.6) is 11.5 Å². The van der Waals surface area contributed by atoms with Gasteiger partial charge in [-0.15, -0.1) is 11.3 Å². The fourth-order valence-corrected chi connectivity index (χ4v) is 6.81. The molecule has 50 heavy (non-hydrogen) atoms. The number of hydroxylamine groups is 2. The summed E-state index contributed by atoms with van der Waals surface area (Å²) in [5.41, 5.74) is 0.770. The van der Waals surface area contributed by atoms with Crippen LogP contribution in [0.4, 0.5) is 5.13 Å². The maximum Gasteiger partial charge on any atom is 0.372 e. The van der Waals surface area contributed by atoms with Crippen molar-refractivity contribution >= 4 is 57.8 Å². The van der Waals surface area contributed by atoms with Gasteiger partial charge in [0.1, 0.15) is 24.4 Å². The summed E-state index contributed by atoms with van der Waals surface area (Å²) in [5.74, 6) is -8.28. The molecule has 6 rings (SSSR count). The molecule has 19 nitrogen and oxygen atoms in total. The number of ether oxygens (including phenoxy) is 1. The maximum atomic E-state index is 13.6. The van der Waals surface area contributed by atoms with Crippen molar-refractivity contribution < 1.29 is 63.6 Å². The molecule has 3 fully saturated rings. The first-order valence-electron chi connectivity index (χ1n) is 15.3. The molecule has 266 valence electrons. The van der Waals surface area contributed by atoms with Crippen LogP contribution in [0, 0.1) is 5.41 Å². The summed E-state index contributed by atoms with van der Waals surface area (Å²) in [6, 6.07) is -0.922. The van der Waals surface area contributed by atoms with E-state index in [4.69, 9.17) is 20.1 Å². The average Bonchev–Trinajstić information content (AvgIpc) is 3.81. The van der Waals surface area contributed by atoms with Crippen molar-refractivity contribution in [2.75, 3.05) is 12.3 Å². The Balaban J connectivity index is 1.20. The summed E-state index contributed by atoms with van der Waals surface area (Å²) in [7, 11) is 0. The normalized spacial score (nSPS) is 25.7. The number of thiazole rings is 1. The van der Waals surface area contributed by atoms with E-state index < -0.39 is 89.3 Å². The molecule has 3 aliphatic heterocycles. The predicted molar refractivity (Wildman–Crippen MR) is 166 cm³/mol. The third-order valence-corrected chi connectivity index (χ3v) is 10.0. The Hall–Kier alpha value is -5.50. The molecule has 4 aliphatic rings. The number of nitrogens with zero attached hydrogens (tertiary/aromatic N) is 4. The van der Waals surface area contributed by atoms with Gasteiger partial charge in [0.25, 0.3) is 17.7 Å². The van der Waals surface area contributed by atoms with E-state index in [1.165, 1.54) is 5.38 Å². The van der Waals surface area contributed by atoms with Gasteiger partial charge in [-0.1, -0.05) is 19.0 Å². The number of hydrogen-bond donors (Lipinski definition) is 6. The molecule has 2 saturated heterocycles. The second-order valence-electron chi connectivity index (χ2n) is 13.2. The molecule has 0 spiro atoms. The highest BCUT2D eigenvalue weighted by Gasteiger charge is 2.64.